The summed E-state index contributed by atoms with van der Waals surface area (Å²) in [4.78, 5) is 12.2. The summed E-state index contributed by atoms with van der Waals surface area (Å²) >= 11 is 5.82. The lowest BCUT2D eigenvalue weighted by atomic mass is 10.1. The number of aromatic amines is 1. The van der Waals surface area contributed by atoms with Crippen molar-refractivity contribution in [1.29, 1.82) is 0 Å². The van der Waals surface area contributed by atoms with Gasteiger partial charge in [0, 0.05) is 12.1 Å². The molecule has 0 fully saturated rings. The van der Waals surface area contributed by atoms with Crippen LogP contribution in [-0.2, 0) is 18.3 Å². The van der Waals surface area contributed by atoms with Crippen molar-refractivity contribution in [2.75, 3.05) is 5.32 Å². The maximum absolute atomic E-state index is 12.2. The number of rotatable bonds is 5. The maximum atomic E-state index is 12.2. The molecule has 2 aromatic heterocycles. The summed E-state index contributed by atoms with van der Waals surface area (Å²) in [5.74, 6) is 0.192. The van der Waals surface area contributed by atoms with Gasteiger partial charge in [-0.3, -0.25) is 9.89 Å². The summed E-state index contributed by atoms with van der Waals surface area (Å²) in [6.45, 7) is 1.99. The smallest absolute Gasteiger partial charge is 0.228 e. The molecule has 3 N–H and O–H groups in total. The van der Waals surface area contributed by atoms with Gasteiger partial charge in [0.05, 0.1) is 23.6 Å². The van der Waals surface area contributed by atoms with Crippen LogP contribution in [0.2, 0.25) is 5.02 Å². The Balaban J connectivity index is 1.74. The van der Waals surface area contributed by atoms with Gasteiger partial charge in [0.2, 0.25) is 5.91 Å². The van der Waals surface area contributed by atoms with E-state index >= 15 is 0 Å². The zero-order valence-corrected chi connectivity index (χ0v) is 14.1. The van der Waals surface area contributed by atoms with Gasteiger partial charge in [-0.25, -0.2) is 4.68 Å². The Bertz CT molecular complexity index is 869. The maximum Gasteiger partial charge on any atom is 0.228 e. The van der Waals surface area contributed by atoms with Crippen molar-refractivity contribution in [2.45, 2.75) is 25.9 Å². The second-order valence-corrected chi connectivity index (χ2v) is 5.98. The lowest BCUT2D eigenvalue weighted by molar-refractivity contribution is -0.118. The van der Waals surface area contributed by atoms with Crippen LogP contribution in [0.3, 0.4) is 0 Å². The van der Waals surface area contributed by atoms with Crippen molar-refractivity contribution in [3.63, 3.8) is 0 Å². The highest BCUT2D eigenvalue weighted by Crippen LogP contribution is 2.25. The molecule has 24 heavy (non-hydrogen) atoms. The van der Waals surface area contributed by atoms with E-state index < -0.39 is 6.10 Å². The molecule has 1 unspecified atom stereocenters. The molecule has 126 valence electrons. The van der Waals surface area contributed by atoms with Gasteiger partial charge in [-0.1, -0.05) is 30.7 Å². The number of hydrogen-bond donors (Lipinski definition) is 3. The highest BCUT2D eigenvalue weighted by molar-refractivity contribution is 6.30. The number of anilines is 1. The van der Waals surface area contributed by atoms with E-state index in [1.165, 1.54) is 0 Å². The first-order chi connectivity index (χ1) is 11.5. The van der Waals surface area contributed by atoms with Gasteiger partial charge in [0.1, 0.15) is 5.82 Å². The number of halogens is 1. The van der Waals surface area contributed by atoms with Crippen molar-refractivity contribution >= 4 is 34.4 Å². The second-order valence-electron chi connectivity index (χ2n) is 5.54. The first-order valence-electron chi connectivity index (χ1n) is 7.63. The third-order valence-corrected chi connectivity index (χ3v) is 4.10. The second kappa shape index (κ2) is 6.62. The molecule has 2 heterocycles. The minimum Gasteiger partial charge on any atom is -0.388 e. The van der Waals surface area contributed by atoms with E-state index in [0.717, 1.165) is 17.5 Å². The van der Waals surface area contributed by atoms with Crippen LogP contribution in [0, 0.1) is 0 Å². The zero-order chi connectivity index (χ0) is 17.3. The fourth-order valence-corrected chi connectivity index (χ4v) is 2.75. The first kappa shape index (κ1) is 16.5. The molecule has 0 bridgehead atoms. The minimum absolute atomic E-state index is 0.0656. The topological polar surface area (TPSA) is 95.8 Å². The van der Waals surface area contributed by atoms with Gasteiger partial charge < -0.3 is 10.4 Å². The molecular formula is C16H18ClN5O2. The van der Waals surface area contributed by atoms with E-state index in [1.54, 1.807) is 36.0 Å². The summed E-state index contributed by atoms with van der Waals surface area (Å²) in [5, 5.41) is 25.7. The Morgan fingerprint density at radius 2 is 2.12 bits per heavy atom. The van der Waals surface area contributed by atoms with Crippen molar-refractivity contribution in [1.82, 2.24) is 20.0 Å². The number of hydrogen-bond acceptors (Lipinski definition) is 4. The number of fused-ring (bicyclic) bond motifs is 1. The lowest BCUT2D eigenvalue weighted by Crippen LogP contribution is -2.16. The van der Waals surface area contributed by atoms with Crippen molar-refractivity contribution in [3.05, 3.63) is 40.5 Å². The summed E-state index contributed by atoms with van der Waals surface area (Å²) in [5.41, 5.74) is 2.18. The predicted octanol–water partition coefficient (Wildman–Crippen LogP) is 2.57. The monoisotopic (exact) mass is 347 g/mol. The standard InChI is InChI=1S/C16H18ClN5O2/c1-3-11-14-15(19-20-16(14)22(2)21-11)18-13(24)8-12(23)9-4-6-10(17)7-5-9/h4-7,12,23H,3,8H2,1-2H3,(H2,18,19,20,24). The Hall–Kier alpha value is -2.38. The average Bonchev–Trinajstić information content (AvgIpc) is 3.09. The first-order valence-corrected chi connectivity index (χ1v) is 8.00. The third-order valence-electron chi connectivity index (χ3n) is 3.85. The van der Waals surface area contributed by atoms with E-state index in [4.69, 9.17) is 11.6 Å². The number of amides is 1. The number of aromatic nitrogens is 4. The molecule has 8 heteroatoms. The van der Waals surface area contributed by atoms with Crippen molar-refractivity contribution in [2.24, 2.45) is 7.05 Å². The lowest BCUT2D eigenvalue weighted by Gasteiger charge is -2.11. The molecule has 1 aromatic carbocycles. The number of carbonyl (C=O) groups is 1. The van der Waals surface area contributed by atoms with Crippen LogP contribution in [0.25, 0.3) is 11.0 Å². The minimum atomic E-state index is -0.903. The van der Waals surface area contributed by atoms with Crippen LogP contribution in [-0.4, -0.2) is 31.0 Å². The van der Waals surface area contributed by atoms with E-state index in [-0.39, 0.29) is 12.3 Å². The molecule has 0 aliphatic carbocycles. The Morgan fingerprint density at radius 3 is 2.79 bits per heavy atom. The van der Waals surface area contributed by atoms with Crippen LogP contribution in [0.1, 0.15) is 30.7 Å². The van der Waals surface area contributed by atoms with Crippen LogP contribution in [0.5, 0.6) is 0 Å². The normalized spacial score (nSPS) is 12.5. The fourth-order valence-electron chi connectivity index (χ4n) is 2.63. The number of H-pyrrole nitrogens is 1. The summed E-state index contributed by atoms with van der Waals surface area (Å²) in [7, 11) is 1.80. The summed E-state index contributed by atoms with van der Waals surface area (Å²) in [6, 6.07) is 6.76. The number of aliphatic hydroxyl groups is 1. The highest BCUT2D eigenvalue weighted by atomic mass is 35.5. The van der Waals surface area contributed by atoms with Gasteiger partial charge in [-0.2, -0.15) is 10.2 Å². The van der Waals surface area contributed by atoms with Gasteiger partial charge >= 0.3 is 0 Å². The Morgan fingerprint density at radius 1 is 1.42 bits per heavy atom. The SMILES string of the molecule is CCc1nn(C)c2n[nH]c(NC(=O)CC(O)c3ccc(Cl)cc3)c12. The Labute approximate surface area is 143 Å². The highest BCUT2D eigenvalue weighted by Gasteiger charge is 2.19. The van der Waals surface area contributed by atoms with Crippen molar-refractivity contribution in [3.8, 4) is 0 Å². The van der Waals surface area contributed by atoms with Gasteiger partial charge in [0.25, 0.3) is 0 Å². The number of benzene rings is 1. The average molecular weight is 348 g/mol. The number of nitrogens with zero attached hydrogens (tertiary/aromatic N) is 3. The molecule has 0 saturated heterocycles. The Kier molecular flexibility index (Phi) is 4.55. The van der Waals surface area contributed by atoms with Crippen LogP contribution < -0.4 is 5.32 Å². The van der Waals surface area contributed by atoms with E-state index in [1.807, 2.05) is 6.92 Å². The van der Waals surface area contributed by atoms with E-state index in [9.17, 15) is 9.90 Å². The van der Waals surface area contributed by atoms with Gasteiger partial charge in [0.15, 0.2) is 5.65 Å². The fraction of sp³-hybridized carbons (Fsp3) is 0.312. The zero-order valence-electron chi connectivity index (χ0n) is 13.4. The number of aryl methyl sites for hydroxylation is 2. The molecule has 1 amide bonds. The number of nitrogens with one attached hydrogen (secondary N) is 2. The van der Waals surface area contributed by atoms with Crippen LogP contribution in [0.15, 0.2) is 24.3 Å². The molecule has 0 radical (unpaired) electrons. The molecule has 7 nitrogen and oxygen atoms in total. The molecule has 0 aliphatic heterocycles. The van der Waals surface area contributed by atoms with Gasteiger partial charge in [-0.05, 0) is 24.1 Å². The van der Waals surface area contributed by atoms with Crippen molar-refractivity contribution < 1.29 is 9.90 Å². The number of aliphatic hydroxyl groups excluding tert-OH is 1. The molecule has 1 atom stereocenters. The third kappa shape index (κ3) is 3.13. The van der Waals surface area contributed by atoms with Crippen LogP contribution >= 0.6 is 11.6 Å². The molecule has 0 spiro atoms. The number of carbonyl (C=O) groups excluding carboxylic acids is 1. The quantitative estimate of drug-likeness (QED) is 0.661. The summed E-state index contributed by atoms with van der Waals surface area (Å²) < 4.78 is 1.67. The van der Waals surface area contributed by atoms with Gasteiger partial charge in [-0.15, -0.1) is 0 Å². The molecular weight excluding hydrogens is 330 g/mol. The molecule has 3 aromatic rings. The van der Waals surface area contributed by atoms with Crippen LogP contribution in [0.4, 0.5) is 5.82 Å². The van der Waals surface area contributed by atoms with E-state index in [0.29, 0.717) is 22.1 Å². The molecule has 0 saturated carbocycles. The van der Waals surface area contributed by atoms with E-state index in [2.05, 4.69) is 20.6 Å². The largest absolute Gasteiger partial charge is 0.388 e. The summed E-state index contributed by atoms with van der Waals surface area (Å²) in [6.07, 6.45) is -0.239. The molecule has 0 aliphatic rings. The molecule has 3 rings (SSSR count). The predicted molar refractivity (Wildman–Crippen MR) is 91.9 cm³/mol.